The summed E-state index contributed by atoms with van der Waals surface area (Å²) in [6, 6.07) is 18.6. The summed E-state index contributed by atoms with van der Waals surface area (Å²) in [5.41, 5.74) is 3.98. The first-order chi connectivity index (χ1) is 19.4. The number of nitrogens with zero attached hydrogens (tertiary/aromatic N) is 6. The summed E-state index contributed by atoms with van der Waals surface area (Å²) in [4.78, 5) is 29.9. The van der Waals surface area contributed by atoms with Gasteiger partial charge in [0, 0.05) is 57.2 Å². The Morgan fingerprint density at radius 1 is 0.975 bits per heavy atom. The van der Waals surface area contributed by atoms with Gasteiger partial charge in [-0.25, -0.2) is 14.8 Å². The number of aryl methyl sites for hydroxylation is 2. The third kappa shape index (κ3) is 5.98. The molecule has 40 heavy (non-hydrogen) atoms. The second-order valence-corrected chi connectivity index (χ2v) is 9.78. The average Bonchev–Trinajstić information content (AvgIpc) is 3.31. The van der Waals surface area contributed by atoms with Crippen molar-refractivity contribution in [3.05, 3.63) is 107 Å². The zero-order valence-corrected chi connectivity index (χ0v) is 23.0. The van der Waals surface area contributed by atoms with E-state index in [1.807, 2.05) is 73.5 Å². The Morgan fingerprint density at radius 2 is 1.77 bits per heavy atom. The zero-order chi connectivity index (χ0) is 28.1. The largest absolute Gasteiger partial charge is 0.496 e. The van der Waals surface area contributed by atoms with Crippen molar-refractivity contribution in [1.82, 2.24) is 24.3 Å². The summed E-state index contributed by atoms with van der Waals surface area (Å²) >= 11 is 0. The number of ether oxygens (including phenoxy) is 2. The normalized spacial score (nSPS) is 13.6. The molecule has 9 nitrogen and oxygen atoms in total. The molecule has 1 fully saturated rings. The maximum absolute atomic E-state index is 13.1. The number of methoxy groups -OCH3 is 1. The molecule has 3 heterocycles. The fourth-order valence-corrected chi connectivity index (χ4v) is 4.89. The van der Waals surface area contributed by atoms with Gasteiger partial charge in [-0.2, -0.15) is 0 Å². The number of benzene rings is 2. The molecule has 2 aromatic carbocycles. The maximum atomic E-state index is 13.1. The summed E-state index contributed by atoms with van der Waals surface area (Å²) in [6.45, 7) is 15.6. The third-order valence-electron chi connectivity index (χ3n) is 7.08. The number of carbonyl (C=O) groups excluding carboxylic acids is 1. The van der Waals surface area contributed by atoms with Crippen molar-refractivity contribution in [2.24, 2.45) is 0 Å². The Bertz CT molecular complexity index is 1550. The molecule has 2 aromatic heterocycles. The Labute approximate surface area is 234 Å². The van der Waals surface area contributed by atoms with E-state index in [4.69, 9.17) is 16.0 Å². The number of para-hydroxylation sites is 1. The van der Waals surface area contributed by atoms with Crippen LogP contribution in [0.2, 0.25) is 0 Å². The monoisotopic (exact) mass is 536 g/mol. The molecule has 9 heteroatoms. The standard InChI is InChI=1S/C31H32N6O3/c1-22-8-7-11-30(34-22)40-29-18-24(12-13-27(29)32-3)20-37-23(2)33-19-25(37)21-35-14-16-36(17-15-35)31(38)26-9-5-6-10-28(26)39-4/h5-13,18-19H,14-17,20-21H2,1-2,4H3. The molecule has 0 aliphatic carbocycles. The van der Waals surface area contributed by atoms with Crippen molar-refractivity contribution < 1.29 is 14.3 Å². The third-order valence-corrected chi connectivity index (χ3v) is 7.08. The van der Waals surface area contributed by atoms with Crippen molar-refractivity contribution in [1.29, 1.82) is 0 Å². The van der Waals surface area contributed by atoms with Gasteiger partial charge in [0.1, 0.15) is 17.3 Å². The lowest BCUT2D eigenvalue weighted by molar-refractivity contribution is 0.0622. The lowest BCUT2D eigenvalue weighted by atomic mass is 10.1. The highest BCUT2D eigenvalue weighted by Crippen LogP contribution is 2.33. The number of aromatic nitrogens is 3. The molecule has 1 aliphatic rings. The summed E-state index contributed by atoms with van der Waals surface area (Å²) in [6.07, 6.45) is 1.92. The molecule has 1 aliphatic heterocycles. The molecule has 5 rings (SSSR count). The van der Waals surface area contributed by atoms with Crippen LogP contribution in [0.3, 0.4) is 0 Å². The summed E-state index contributed by atoms with van der Waals surface area (Å²) < 4.78 is 13.6. The van der Waals surface area contributed by atoms with Gasteiger partial charge in [-0.05, 0) is 43.7 Å². The van der Waals surface area contributed by atoms with Gasteiger partial charge in [0.2, 0.25) is 11.6 Å². The highest BCUT2D eigenvalue weighted by Gasteiger charge is 2.25. The van der Waals surface area contributed by atoms with Crippen LogP contribution in [0.4, 0.5) is 5.69 Å². The minimum atomic E-state index is -0.000247. The van der Waals surface area contributed by atoms with Crippen LogP contribution in [-0.2, 0) is 13.1 Å². The Balaban J connectivity index is 1.26. The van der Waals surface area contributed by atoms with Crippen molar-refractivity contribution in [3.8, 4) is 17.4 Å². The molecule has 4 aromatic rings. The molecule has 0 atom stereocenters. The van der Waals surface area contributed by atoms with E-state index in [0.29, 0.717) is 48.3 Å². The lowest BCUT2D eigenvalue weighted by Crippen LogP contribution is -2.48. The molecular formula is C31H32N6O3. The molecule has 0 bridgehead atoms. The van der Waals surface area contributed by atoms with Gasteiger partial charge in [0.15, 0.2) is 0 Å². The fourth-order valence-electron chi connectivity index (χ4n) is 4.89. The number of rotatable bonds is 8. The Kier molecular flexibility index (Phi) is 8.08. The van der Waals surface area contributed by atoms with Crippen molar-refractivity contribution in [2.75, 3.05) is 33.3 Å². The summed E-state index contributed by atoms with van der Waals surface area (Å²) in [5.74, 6) is 2.46. The second kappa shape index (κ2) is 12.0. The van der Waals surface area contributed by atoms with E-state index in [0.717, 1.165) is 42.4 Å². The maximum Gasteiger partial charge on any atom is 0.257 e. The SMILES string of the molecule is [C-]#[N+]c1ccc(Cn2c(CN3CCN(C(=O)c4ccccc4OC)CC3)cnc2C)cc1Oc1cccc(C)n1. The van der Waals surface area contributed by atoms with Crippen molar-refractivity contribution in [3.63, 3.8) is 0 Å². The molecule has 0 saturated carbocycles. The molecule has 1 saturated heterocycles. The molecule has 0 spiro atoms. The van der Waals surface area contributed by atoms with Gasteiger partial charge >= 0.3 is 0 Å². The highest BCUT2D eigenvalue weighted by atomic mass is 16.5. The minimum Gasteiger partial charge on any atom is -0.496 e. The minimum absolute atomic E-state index is 0.000247. The van der Waals surface area contributed by atoms with E-state index >= 15 is 0 Å². The molecule has 1 amide bonds. The highest BCUT2D eigenvalue weighted by molar-refractivity contribution is 5.97. The number of hydrogen-bond acceptors (Lipinski definition) is 6. The van der Waals surface area contributed by atoms with Crippen LogP contribution in [0.1, 0.15) is 33.1 Å². The number of pyridine rings is 1. The number of carbonyl (C=O) groups is 1. The number of hydrogen-bond donors (Lipinski definition) is 0. The van der Waals surface area contributed by atoms with E-state index in [2.05, 4.69) is 24.3 Å². The van der Waals surface area contributed by atoms with Crippen LogP contribution >= 0.6 is 0 Å². The predicted molar refractivity (Wildman–Crippen MR) is 152 cm³/mol. The quantitative estimate of drug-likeness (QED) is 0.286. The molecule has 0 radical (unpaired) electrons. The average molecular weight is 537 g/mol. The van der Waals surface area contributed by atoms with E-state index in [-0.39, 0.29) is 5.91 Å². The van der Waals surface area contributed by atoms with Gasteiger partial charge in [-0.3, -0.25) is 9.69 Å². The molecule has 0 unspecified atom stereocenters. The second-order valence-electron chi connectivity index (χ2n) is 9.78. The van der Waals surface area contributed by atoms with Crippen LogP contribution in [-0.4, -0.2) is 63.5 Å². The van der Waals surface area contributed by atoms with Gasteiger partial charge in [0.25, 0.3) is 5.91 Å². The zero-order valence-electron chi connectivity index (χ0n) is 23.0. The Morgan fingerprint density at radius 3 is 2.52 bits per heavy atom. The van der Waals surface area contributed by atoms with E-state index in [9.17, 15) is 4.79 Å². The summed E-state index contributed by atoms with van der Waals surface area (Å²) in [5, 5.41) is 0. The summed E-state index contributed by atoms with van der Waals surface area (Å²) in [7, 11) is 1.59. The van der Waals surface area contributed by atoms with Crippen LogP contribution < -0.4 is 9.47 Å². The van der Waals surface area contributed by atoms with Crippen LogP contribution in [0.5, 0.6) is 17.4 Å². The topological polar surface area (TPSA) is 77.1 Å². The van der Waals surface area contributed by atoms with Gasteiger partial charge in [-0.15, -0.1) is 0 Å². The van der Waals surface area contributed by atoms with Gasteiger partial charge < -0.3 is 18.9 Å². The Hall–Kier alpha value is -4.68. The van der Waals surface area contributed by atoms with Crippen molar-refractivity contribution in [2.45, 2.75) is 26.9 Å². The fraction of sp³-hybridized carbons (Fsp3) is 0.290. The molecule has 204 valence electrons. The van der Waals surface area contributed by atoms with Crippen molar-refractivity contribution >= 4 is 11.6 Å². The molecule has 0 N–H and O–H groups in total. The van der Waals surface area contributed by atoms with Gasteiger partial charge in [-0.1, -0.05) is 30.3 Å². The first-order valence-corrected chi connectivity index (χ1v) is 13.2. The first-order valence-electron chi connectivity index (χ1n) is 13.2. The van der Waals surface area contributed by atoms with E-state index in [1.165, 1.54) is 0 Å². The lowest BCUT2D eigenvalue weighted by Gasteiger charge is -2.35. The molecular weight excluding hydrogens is 504 g/mol. The van der Waals surface area contributed by atoms with E-state index < -0.39 is 0 Å². The number of amides is 1. The smallest absolute Gasteiger partial charge is 0.257 e. The van der Waals surface area contributed by atoms with Crippen LogP contribution in [0.15, 0.2) is 66.9 Å². The van der Waals surface area contributed by atoms with Crippen LogP contribution in [0, 0.1) is 20.4 Å². The number of imidazole rings is 1. The van der Waals surface area contributed by atoms with E-state index in [1.54, 1.807) is 19.2 Å². The van der Waals surface area contributed by atoms with Crippen LogP contribution in [0.25, 0.3) is 4.85 Å². The predicted octanol–water partition coefficient (Wildman–Crippen LogP) is 5.25. The van der Waals surface area contributed by atoms with Gasteiger partial charge in [0.05, 0.1) is 24.9 Å². The first kappa shape index (κ1) is 26.9. The number of piperazine rings is 1.